The lowest BCUT2D eigenvalue weighted by Gasteiger charge is -2.32. The molecular formula is C38H47BClN3O5. The van der Waals surface area contributed by atoms with Gasteiger partial charge in [0.25, 0.3) is 0 Å². The van der Waals surface area contributed by atoms with Gasteiger partial charge in [-0.05, 0) is 103 Å². The van der Waals surface area contributed by atoms with Crippen molar-refractivity contribution < 1.29 is 18.5 Å². The molecule has 6 rings (SSSR count). The number of halogens is 1. The van der Waals surface area contributed by atoms with Crippen LogP contribution in [0.15, 0.2) is 51.7 Å². The van der Waals surface area contributed by atoms with Crippen LogP contribution in [-0.2, 0) is 9.31 Å². The molecule has 0 radical (unpaired) electrons. The maximum Gasteiger partial charge on any atom is 0.495 e. The number of hydrogen-bond acceptors (Lipinski definition) is 8. The van der Waals surface area contributed by atoms with Crippen LogP contribution >= 0.6 is 11.6 Å². The number of benzene rings is 2. The lowest BCUT2D eigenvalue weighted by molar-refractivity contribution is 0.00578. The van der Waals surface area contributed by atoms with E-state index in [0.29, 0.717) is 49.9 Å². The Morgan fingerprint density at radius 2 is 1.65 bits per heavy atom. The molecule has 0 spiro atoms. The highest BCUT2D eigenvalue weighted by Gasteiger charge is 2.52. The molecule has 2 aromatic heterocycles. The molecule has 0 saturated carbocycles. The summed E-state index contributed by atoms with van der Waals surface area (Å²) in [5.41, 5.74) is 5.11. The van der Waals surface area contributed by atoms with Crippen molar-refractivity contribution in [2.45, 2.75) is 98.8 Å². The average Bonchev–Trinajstić information content (AvgIpc) is 3.30. The summed E-state index contributed by atoms with van der Waals surface area (Å²) >= 11 is 6.41. The number of pyridine rings is 1. The molecule has 2 aromatic carbocycles. The number of aldehydes is 1. The minimum atomic E-state index is -0.674. The molecule has 1 N–H and O–H groups in total. The van der Waals surface area contributed by atoms with Gasteiger partial charge in [-0.1, -0.05) is 43.6 Å². The van der Waals surface area contributed by atoms with E-state index >= 15 is 0 Å². The van der Waals surface area contributed by atoms with E-state index in [2.05, 4.69) is 21.3 Å². The molecule has 48 heavy (non-hydrogen) atoms. The monoisotopic (exact) mass is 671 g/mol. The van der Waals surface area contributed by atoms with Gasteiger partial charge in [0.1, 0.15) is 17.0 Å². The highest BCUT2D eigenvalue weighted by Crippen LogP contribution is 2.38. The normalized spacial score (nSPS) is 17.5. The quantitative estimate of drug-likeness (QED) is 0.119. The lowest BCUT2D eigenvalue weighted by atomic mass is 9.75. The van der Waals surface area contributed by atoms with Gasteiger partial charge in [0, 0.05) is 29.8 Å². The van der Waals surface area contributed by atoms with Crippen LogP contribution in [0, 0.1) is 13.8 Å². The lowest BCUT2D eigenvalue weighted by Crippen LogP contribution is -2.41. The summed E-state index contributed by atoms with van der Waals surface area (Å²) < 4.78 is 19.1. The number of aryl methyl sites for hydroxylation is 1. The van der Waals surface area contributed by atoms with Gasteiger partial charge in [0.15, 0.2) is 5.43 Å². The molecule has 1 atom stereocenters. The molecule has 4 aromatic rings. The van der Waals surface area contributed by atoms with E-state index in [1.807, 2.05) is 86.6 Å². The zero-order valence-corrected chi connectivity index (χ0v) is 30.4. The molecule has 2 fully saturated rings. The Balaban J connectivity index is 0.00000221. The second kappa shape index (κ2) is 14.1. The Hall–Kier alpha value is -3.66. The Labute approximate surface area is 289 Å². The first-order valence-electron chi connectivity index (χ1n) is 17.0. The summed E-state index contributed by atoms with van der Waals surface area (Å²) in [6.07, 6.45) is 4.16. The minimum Gasteiger partial charge on any atom is -0.440 e. The minimum absolute atomic E-state index is 0.00342. The molecule has 8 nitrogen and oxygen atoms in total. The molecule has 2 aliphatic heterocycles. The third-order valence-electron chi connectivity index (χ3n) is 9.70. The number of nitrogens with zero attached hydrogens (tertiary/aromatic N) is 2. The molecule has 2 saturated heterocycles. The van der Waals surface area contributed by atoms with Crippen molar-refractivity contribution in [2.75, 3.05) is 23.3 Å². The standard InChI is InChI=1S/C36H41BClN3O5.C2H6/c1-21-17-26(33-27(18-21)32(43)22(2)34(44-33)41-15-9-8-10-16-41)23(3)39-29-13-14-30(38)40-31(29)24-11-12-28(25(19-24)20-42)37-45-35(4,5)36(6,7)46-37;1-2/h11-14,17-20,23,39H,8-10,15-16H2,1-7H3;1-2H3. The Morgan fingerprint density at radius 3 is 2.29 bits per heavy atom. The number of anilines is 2. The summed E-state index contributed by atoms with van der Waals surface area (Å²) in [6.45, 7) is 19.6. The largest absolute Gasteiger partial charge is 0.495 e. The zero-order chi connectivity index (χ0) is 35.0. The van der Waals surface area contributed by atoms with Crippen LogP contribution in [0.2, 0.25) is 5.15 Å². The highest BCUT2D eigenvalue weighted by atomic mass is 35.5. The zero-order valence-electron chi connectivity index (χ0n) is 29.6. The second-order valence-electron chi connectivity index (χ2n) is 13.6. The topological polar surface area (TPSA) is 93.9 Å². The summed E-state index contributed by atoms with van der Waals surface area (Å²) in [5.74, 6) is 0.659. The van der Waals surface area contributed by atoms with E-state index in [9.17, 15) is 9.59 Å². The van der Waals surface area contributed by atoms with Crippen molar-refractivity contribution in [3.05, 3.63) is 80.1 Å². The van der Waals surface area contributed by atoms with Crippen LogP contribution in [0.1, 0.15) is 101 Å². The first-order chi connectivity index (χ1) is 22.8. The summed E-state index contributed by atoms with van der Waals surface area (Å²) in [7, 11) is -0.674. The van der Waals surface area contributed by atoms with Crippen molar-refractivity contribution >= 4 is 53.0 Å². The Morgan fingerprint density at radius 1 is 0.979 bits per heavy atom. The van der Waals surface area contributed by atoms with Gasteiger partial charge in [-0.15, -0.1) is 0 Å². The van der Waals surface area contributed by atoms with Crippen molar-refractivity contribution in [1.82, 2.24) is 4.98 Å². The van der Waals surface area contributed by atoms with Crippen LogP contribution < -0.4 is 21.1 Å². The van der Waals surface area contributed by atoms with Crippen molar-refractivity contribution in [1.29, 1.82) is 0 Å². The molecule has 0 aliphatic carbocycles. The fraction of sp³-hybridized carbons (Fsp3) is 0.447. The number of aromatic nitrogens is 1. The van der Waals surface area contributed by atoms with Crippen molar-refractivity contribution in [3.8, 4) is 11.3 Å². The number of piperidine rings is 1. The van der Waals surface area contributed by atoms with Gasteiger partial charge < -0.3 is 23.9 Å². The van der Waals surface area contributed by atoms with Crippen molar-refractivity contribution in [3.63, 3.8) is 0 Å². The van der Waals surface area contributed by atoms with E-state index in [4.69, 9.17) is 25.3 Å². The van der Waals surface area contributed by atoms with E-state index in [1.165, 1.54) is 6.42 Å². The third kappa shape index (κ3) is 6.78. The number of carbonyl (C=O) groups excluding carboxylic acids is 1. The number of hydrogen-bond donors (Lipinski definition) is 1. The van der Waals surface area contributed by atoms with E-state index in [0.717, 1.165) is 49.0 Å². The summed E-state index contributed by atoms with van der Waals surface area (Å²) in [5, 5.41) is 4.50. The fourth-order valence-corrected chi connectivity index (χ4v) is 6.52. The van der Waals surface area contributed by atoms with E-state index < -0.39 is 18.3 Å². The molecule has 0 bridgehead atoms. The van der Waals surface area contributed by atoms with Crippen LogP contribution in [0.5, 0.6) is 0 Å². The Bertz CT molecular complexity index is 1870. The molecular weight excluding hydrogens is 625 g/mol. The van der Waals surface area contributed by atoms with Gasteiger partial charge in [-0.25, -0.2) is 4.98 Å². The predicted molar refractivity (Wildman–Crippen MR) is 197 cm³/mol. The number of nitrogens with one attached hydrogen (secondary N) is 1. The highest BCUT2D eigenvalue weighted by molar-refractivity contribution is 6.63. The SMILES string of the molecule is CC.Cc1cc(C(C)Nc2ccc(Cl)nc2-c2ccc(B3OC(C)(C)C(C)(C)O3)c(C=O)c2)c2oc(N3CCCCC3)c(C)c(=O)c2c1. The third-order valence-corrected chi connectivity index (χ3v) is 9.91. The van der Waals surface area contributed by atoms with Gasteiger partial charge in [-0.2, -0.15) is 0 Å². The molecule has 1 unspecified atom stereocenters. The first kappa shape index (κ1) is 35.6. The molecule has 2 aliphatic rings. The second-order valence-corrected chi connectivity index (χ2v) is 14.0. The summed E-state index contributed by atoms with van der Waals surface area (Å²) in [4.78, 5) is 32.8. The van der Waals surface area contributed by atoms with E-state index in [-0.39, 0.29) is 11.5 Å². The van der Waals surface area contributed by atoms with Crippen LogP contribution in [0.25, 0.3) is 22.2 Å². The van der Waals surface area contributed by atoms with Gasteiger partial charge in [0.05, 0.1) is 39.6 Å². The van der Waals surface area contributed by atoms with Gasteiger partial charge in [-0.3, -0.25) is 9.59 Å². The smallest absolute Gasteiger partial charge is 0.440 e. The van der Waals surface area contributed by atoms with Gasteiger partial charge in [0.2, 0.25) is 5.88 Å². The van der Waals surface area contributed by atoms with Crippen molar-refractivity contribution in [2.24, 2.45) is 0 Å². The maximum absolute atomic E-state index is 13.6. The molecule has 254 valence electrons. The number of fused-ring (bicyclic) bond motifs is 1. The fourth-order valence-electron chi connectivity index (χ4n) is 6.37. The van der Waals surface area contributed by atoms with Gasteiger partial charge >= 0.3 is 7.12 Å². The Kier molecular flexibility index (Phi) is 10.4. The first-order valence-corrected chi connectivity index (χ1v) is 17.4. The summed E-state index contributed by atoms with van der Waals surface area (Å²) in [6, 6.07) is 12.8. The van der Waals surface area contributed by atoms with Crippen LogP contribution in [-0.4, -0.2) is 42.7 Å². The predicted octanol–water partition coefficient (Wildman–Crippen LogP) is 8.43. The molecule has 4 heterocycles. The molecule has 10 heteroatoms. The van der Waals surface area contributed by atoms with Crippen LogP contribution in [0.3, 0.4) is 0 Å². The number of carbonyl (C=O) groups is 1. The maximum atomic E-state index is 13.6. The number of rotatable bonds is 7. The van der Waals surface area contributed by atoms with Crippen LogP contribution in [0.4, 0.5) is 11.6 Å². The average molecular weight is 672 g/mol. The van der Waals surface area contributed by atoms with E-state index in [1.54, 1.807) is 12.1 Å². The molecule has 0 amide bonds.